The summed E-state index contributed by atoms with van der Waals surface area (Å²) in [6.07, 6.45) is 5.49. The van der Waals surface area contributed by atoms with Crippen LogP contribution in [0.15, 0.2) is 30.3 Å². The number of hydroxylamine groups is 1. The van der Waals surface area contributed by atoms with Crippen LogP contribution in [0, 0.1) is 17.8 Å². The minimum absolute atomic E-state index is 0.00362. The molecule has 0 spiro atoms. The maximum absolute atomic E-state index is 12.9. The molecule has 0 heterocycles. The van der Waals surface area contributed by atoms with Gasteiger partial charge in [-0.15, -0.1) is 0 Å². The zero-order valence-electron chi connectivity index (χ0n) is 20.0. The Bertz CT molecular complexity index is 679. The highest BCUT2D eigenvalue weighted by atomic mass is 16.7. The second-order valence-electron chi connectivity index (χ2n) is 8.98. The van der Waals surface area contributed by atoms with Crippen LogP contribution in [0.2, 0.25) is 0 Å². The fourth-order valence-corrected chi connectivity index (χ4v) is 4.24. The van der Waals surface area contributed by atoms with Crippen molar-refractivity contribution in [2.75, 3.05) is 33.7 Å². The summed E-state index contributed by atoms with van der Waals surface area (Å²) in [5, 5.41) is 12.4. The summed E-state index contributed by atoms with van der Waals surface area (Å²) in [6, 6.07) is 9.53. The Morgan fingerprint density at radius 2 is 1.82 bits per heavy atom. The number of amides is 2. The molecule has 1 aromatic carbocycles. The van der Waals surface area contributed by atoms with E-state index in [9.17, 15) is 14.8 Å². The first-order chi connectivity index (χ1) is 16.0. The third kappa shape index (κ3) is 10.6. The van der Waals surface area contributed by atoms with Crippen molar-refractivity contribution in [3.05, 3.63) is 35.9 Å². The van der Waals surface area contributed by atoms with Gasteiger partial charge in [0.15, 0.2) is 0 Å². The maximum atomic E-state index is 12.9. The Morgan fingerprint density at radius 1 is 1.09 bits per heavy atom. The molecule has 33 heavy (non-hydrogen) atoms. The van der Waals surface area contributed by atoms with Crippen molar-refractivity contribution in [2.45, 2.75) is 57.9 Å². The monoisotopic (exact) mass is 464 g/mol. The molecule has 1 fully saturated rings. The Kier molecular flexibility index (Phi) is 13.0. The zero-order chi connectivity index (χ0) is 23.9. The van der Waals surface area contributed by atoms with E-state index < -0.39 is 11.8 Å². The average Bonchev–Trinajstić information content (AvgIpc) is 2.84. The quantitative estimate of drug-likeness (QED) is 0.159. The molecule has 2 amide bonds. The van der Waals surface area contributed by atoms with Crippen LogP contribution in [-0.4, -0.2) is 56.8 Å². The Hall–Kier alpha value is -2.00. The molecule has 8 heteroatoms. The molecule has 1 aliphatic carbocycles. The topological polar surface area (TPSA) is 106 Å². The van der Waals surface area contributed by atoms with Gasteiger partial charge in [-0.3, -0.25) is 14.8 Å². The van der Waals surface area contributed by atoms with Crippen LogP contribution in [0.3, 0.4) is 0 Å². The fraction of sp³-hybridized carbons (Fsp3) is 0.680. The molecule has 186 valence electrons. The van der Waals surface area contributed by atoms with E-state index in [1.54, 1.807) is 12.6 Å². The van der Waals surface area contributed by atoms with E-state index in [0.717, 1.165) is 31.2 Å². The number of methoxy groups -OCH3 is 1. The Balaban J connectivity index is 1.96. The lowest BCUT2D eigenvalue weighted by Crippen LogP contribution is -2.45. The molecule has 0 saturated heterocycles. The summed E-state index contributed by atoms with van der Waals surface area (Å²) >= 11 is 0. The highest BCUT2D eigenvalue weighted by Crippen LogP contribution is 2.28. The number of nitrogens with one attached hydrogen (secondary N) is 2. The molecule has 1 saturated carbocycles. The summed E-state index contributed by atoms with van der Waals surface area (Å²) < 4.78 is 15.9. The van der Waals surface area contributed by atoms with Gasteiger partial charge in [-0.2, -0.15) is 0 Å². The van der Waals surface area contributed by atoms with Crippen molar-refractivity contribution >= 4 is 11.8 Å². The minimum Gasteiger partial charge on any atom is -0.382 e. The van der Waals surface area contributed by atoms with E-state index in [4.69, 9.17) is 14.2 Å². The molecule has 0 aromatic heterocycles. The first-order valence-corrected chi connectivity index (χ1v) is 12.0. The van der Waals surface area contributed by atoms with Crippen molar-refractivity contribution in [2.24, 2.45) is 17.8 Å². The number of carbonyl (C=O) groups is 2. The van der Waals surface area contributed by atoms with E-state index in [0.29, 0.717) is 38.4 Å². The summed E-state index contributed by atoms with van der Waals surface area (Å²) in [7, 11) is 1.60. The van der Waals surface area contributed by atoms with Crippen LogP contribution < -0.4 is 10.8 Å². The van der Waals surface area contributed by atoms with Crippen LogP contribution in [0.5, 0.6) is 0 Å². The van der Waals surface area contributed by atoms with Crippen molar-refractivity contribution in [1.29, 1.82) is 0 Å². The lowest BCUT2D eigenvalue weighted by atomic mass is 9.82. The Labute approximate surface area is 197 Å². The van der Waals surface area contributed by atoms with Gasteiger partial charge < -0.3 is 19.5 Å². The molecule has 8 nitrogen and oxygen atoms in total. The van der Waals surface area contributed by atoms with Crippen LogP contribution in [0.25, 0.3) is 0 Å². The molecule has 0 aliphatic heterocycles. The second-order valence-corrected chi connectivity index (χ2v) is 8.98. The predicted octanol–water partition coefficient (Wildman–Crippen LogP) is 3.08. The van der Waals surface area contributed by atoms with Crippen LogP contribution >= 0.6 is 0 Å². The predicted molar refractivity (Wildman–Crippen MR) is 124 cm³/mol. The van der Waals surface area contributed by atoms with E-state index in [1.165, 1.54) is 0 Å². The van der Waals surface area contributed by atoms with Crippen LogP contribution in [0.4, 0.5) is 0 Å². The summed E-state index contributed by atoms with van der Waals surface area (Å²) in [6.45, 7) is 3.42. The molecule has 2 atom stereocenters. The highest BCUT2D eigenvalue weighted by Gasteiger charge is 2.28. The molecular formula is C25H40N2O6. The molecule has 1 aromatic rings. The lowest BCUT2D eigenvalue weighted by Gasteiger charge is -2.29. The minimum atomic E-state index is -0.468. The first kappa shape index (κ1) is 27.2. The van der Waals surface area contributed by atoms with Crippen molar-refractivity contribution in [1.82, 2.24) is 10.8 Å². The molecule has 2 unspecified atom stereocenters. The highest BCUT2D eigenvalue weighted by molar-refractivity contribution is 5.80. The van der Waals surface area contributed by atoms with Crippen molar-refractivity contribution < 1.29 is 29.0 Å². The van der Waals surface area contributed by atoms with Gasteiger partial charge >= 0.3 is 0 Å². The van der Waals surface area contributed by atoms with E-state index in [-0.39, 0.29) is 31.3 Å². The van der Waals surface area contributed by atoms with E-state index in [1.807, 2.05) is 30.3 Å². The van der Waals surface area contributed by atoms with E-state index in [2.05, 4.69) is 12.2 Å². The number of carbonyl (C=O) groups excluding carboxylic acids is 2. The first-order valence-electron chi connectivity index (χ1n) is 12.0. The number of hydrogen-bond acceptors (Lipinski definition) is 6. The third-order valence-corrected chi connectivity index (χ3v) is 6.32. The number of aryl methyl sites for hydroxylation is 1. The second kappa shape index (κ2) is 15.8. The van der Waals surface area contributed by atoms with Crippen molar-refractivity contribution in [3.63, 3.8) is 0 Å². The van der Waals surface area contributed by atoms with Gasteiger partial charge in [0.05, 0.1) is 25.9 Å². The summed E-state index contributed by atoms with van der Waals surface area (Å²) in [5.74, 6) is -0.246. The van der Waals surface area contributed by atoms with Crippen LogP contribution in [0.1, 0.15) is 51.0 Å². The van der Waals surface area contributed by atoms with Gasteiger partial charge in [-0.1, -0.05) is 37.3 Å². The van der Waals surface area contributed by atoms with Gasteiger partial charge in [-0.25, -0.2) is 5.48 Å². The average molecular weight is 465 g/mol. The molecule has 0 bridgehead atoms. The Morgan fingerprint density at radius 3 is 2.48 bits per heavy atom. The van der Waals surface area contributed by atoms with Gasteiger partial charge in [0.2, 0.25) is 11.8 Å². The molecule has 1 aliphatic rings. The normalized spacial score (nSPS) is 20.1. The van der Waals surface area contributed by atoms with Gasteiger partial charge in [0.25, 0.3) is 0 Å². The largest absolute Gasteiger partial charge is 0.382 e. The third-order valence-electron chi connectivity index (χ3n) is 6.32. The van der Waals surface area contributed by atoms with E-state index >= 15 is 0 Å². The number of rotatable bonds is 15. The zero-order valence-corrected chi connectivity index (χ0v) is 20.0. The van der Waals surface area contributed by atoms with Gasteiger partial charge in [0.1, 0.15) is 6.79 Å². The summed E-state index contributed by atoms with van der Waals surface area (Å²) in [4.78, 5) is 25.3. The molecule has 3 N–H and O–H groups in total. The summed E-state index contributed by atoms with van der Waals surface area (Å²) in [5.41, 5.74) is 2.91. The number of ether oxygens (including phenoxy) is 3. The lowest BCUT2D eigenvalue weighted by molar-refractivity contribution is -0.135. The number of benzene rings is 1. The molecule has 2 rings (SSSR count). The smallest absolute Gasteiger partial charge is 0.246 e. The van der Waals surface area contributed by atoms with Gasteiger partial charge in [-0.05, 0) is 56.4 Å². The molecular weight excluding hydrogens is 424 g/mol. The maximum Gasteiger partial charge on any atom is 0.246 e. The van der Waals surface area contributed by atoms with Crippen molar-refractivity contribution in [3.8, 4) is 0 Å². The SMILES string of the molecule is COCCOCOCC(CC(CCc1ccccc1)C(=O)NO)NC(=O)C1CCC(C)CC1. The fourth-order valence-electron chi connectivity index (χ4n) is 4.24. The van der Waals surface area contributed by atoms with Gasteiger partial charge in [0, 0.05) is 18.9 Å². The van der Waals surface area contributed by atoms with Crippen LogP contribution in [-0.2, 0) is 30.2 Å². The molecule has 0 radical (unpaired) electrons. The number of hydrogen-bond donors (Lipinski definition) is 3. The standard InChI is InChI=1S/C25H40N2O6/c1-19-8-11-21(12-9-19)24(28)26-23(17-33-18-32-15-14-31-2)16-22(25(29)27-30)13-10-20-6-4-3-5-7-20/h3-7,19,21-23,30H,8-18H2,1-2H3,(H,26,28)(H,27,29).